The van der Waals surface area contributed by atoms with Gasteiger partial charge < -0.3 is 10.3 Å². The fourth-order valence-corrected chi connectivity index (χ4v) is 2.92. The lowest BCUT2D eigenvalue weighted by atomic mass is 10.2. The van der Waals surface area contributed by atoms with Crippen molar-refractivity contribution >= 4 is 15.7 Å². The Morgan fingerprint density at radius 3 is 2.68 bits per heavy atom. The molecule has 0 fully saturated rings. The third-order valence-electron chi connectivity index (χ3n) is 2.61. The van der Waals surface area contributed by atoms with Gasteiger partial charge in [0.1, 0.15) is 0 Å². The van der Waals surface area contributed by atoms with Gasteiger partial charge in [-0.2, -0.15) is 0 Å². The molecule has 6 nitrogen and oxygen atoms in total. The van der Waals surface area contributed by atoms with E-state index in [4.69, 9.17) is 10.3 Å². The molecule has 0 amide bonds. The molecule has 0 aliphatic rings. The molecule has 2 rings (SSSR count). The van der Waals surface area contributed by atoms with Crippen molar-refractivity contribution in [2.24, 2.45) is 0 Å². The lowest BCUT2D eigenvalue weighted by Crippen LogP contribution is -2.24. The maximum absolute atomic E-state index is 12.2. The number of anilines is 1. The van der Waals surface area contributed by atoms with Crippen molar-refractivity contribution in [2.45, 2.75) is 25.3 Å². The molecule has 0 saturated carbocycles. The third kappa shape index (κ3) is 3.12. The van der Waals surface area contributed by atoms with Gasteiger partial charge >= 0.3 is 0 Å². The van der Waals surface area contributed by atoms with Gasteiger partial charge in [-0.05, 0) is 31.5 Å². The van der Waals surface area contributed by atoms with E-state index in [2.05, 4.69) is 9.88 Å². The summed E-state index contributed by atoms with van der Waals surface area (Å²) < 4.78 is 31.7. The Labute approximate surface area is 111 Å². The third-order valence-corrected chi connectivity index (χ3v) is 4.16. The van der Waals surface area contributed by atoms with Gasteiger partial charge in [0.05, 0.1) is 17.1 Å². The average Bonchev–Trinajstić information content (AvgIpc) is 2.76. The van der Waals surface area contributed by atoms with Crippen LogP contribution in [0.25, 0.3) is 0 Å². The molecule has 102 valence electrons. The maximum atomic E-state index is 12.2. The topological polar surface area (TPSA) is 98.2 Å². The number of rotatable bonds is 4. The lowest BCUT2D eigenvalue weighted by Gasteiger charge is -2.08. The van der Waals surface area contributed by atoms with Crippen molar-refractivity contribution in [2.75, 3.05) is 5.73 Å². The van der Waals surface area contributed by atoms with Crippen molar-refractivity contribution in [1.82, 2.24) is 9.88 Å². The molecule has 1 aromatic heterocycles. The predicted molar refractivity (Wildman–Crippen MR) is 70.9 cm³/mol. The van der Waals surface area contributed by atoms with E-state index in [0.29, 0.717) is 22.7 Å². The monoisotopic (exact) mass is 281 g/mol. The average molecular weight is 281 g/mol. The first-order valence-electron chi connectivity index (χ1n) is 5.66. The van der Waals surface area contributed by atoms with Gasteiger partial charge in [-0.1, -0.05) is 11.2 Å². The van der Waals surface area contributed by atoms with Crippen molar-refractivity contribution in [3.8, 4) is 0 Å². The van der Waals surface area contributed by atoms with Gasteiger partial charge in [0.15, 0.2) is 5.76 Å². The molecule has 2 aromatic rings. The summed E-state index contributed by atoms with van der Waals surface area (Å²) in [4.78, 5) is 0.170. The number of aryl methyl sites for hydroxylation is 2. The van der Waals surface area contributed by atoms with E-state index in [1.807, 2.05) is 0 Å². The van der Waals surface area contributed by atoms with Crippen LogP contribution in [0.1, 0.15) is 17.0 Å². The number of hydrogen-bond donors (Lipinski definition) is 2. The smallest absolute Gasteiger partial charge is 0.241 e. The molecule has 0 aliphatic heterocycles. The highest BCUT2D eigenvalue weighted by molar-refractivity contribution is 7.89. The fraction of sp³-hybridized carbons (Fsp3) is 0.250. The highest BCUT2D eigenvalue weighted by Crippen LogP contribution is 2.18. The highest BCUT2D eigenvalue weighted by Gasteiger charge is 2.17. The zero-order valence-electron chi connectivity index (χ0n) is 10.7. The number of nitrogens with two attached hydrogens (primary N) is 1. The molecule has 0 saturated heterocycles. The van der Waals surface area contributed by atoms with Gasteiger partial charge in [0.2, 0.25) is 10.0 Å². The molecule has 0 radical (unpaired) electrons. The molecule has 0 atom stereocenters. The summed E-state index contributed by atoms with van der Waals surface area (Å²) in [5, 5.41) is 3.69. The number of nitrogen functional groups attached to an aromatic ring is 1. The Morgan fingerprint density at radius 2 is 2.05 bits per heavy atom. The second-order valence-electron chi connectivity index (χ2n) is 4.28. The second-order valence-corrected chi connectivity index (χ2v) is 6.02. The summed E-state index contributed by atoms with van der Waals surface area (Å²) in [5.74, 6) is 0.461. The van der Waals surface area contributed by atoms with Gasteiger partial charge in [-0.3, -0.25) is 0 Å². The van der Waals surface area contributed by atoms with Crippen LogP contribution in [0.3, 0.4) is 0 Å². The van der Waals surface area contributed by atoms with Crippen molar-refractivity contribution in [3.05, 3.63) is 41.3 Å². The first-order valence-corrected chi connectivity index (χ1v) is 7.15. The van der Waals surface area contributed by atoms with Crippen LogP contribution >= 0.6 is 0 Å². The molecule has 7 heteroatoms. The Morgan fingerprint density at radius 1 is 1.32 bits per heavy atom. The molecule has 0 spiro atoms. The van der Waals surface area contributed by atoms with E-state index in [-0.39, 0.29) is 11.4 Å². The minimum atomic E-state index is -3.62. The van der Waals surface area contributed by atoms with E-state index in [0.717, 1.165) is 0 Å². The highest BCUT2D eigenvalue weighted by atomic mass is 32.2. The molecule has 0 bridgehead atoms. The van der Waals surface area contributed by atoms with E-state index in [1.54, 1.807) is 32.0 Å². The van der Waals surface area contributed by atoms with E-state index < -0.39 is 10.0 Å². The summed E-state index contributed by atoms with van der Waals surface area (Å²) in [7, 11) is -3.62. The molecule has 0 aliphatic carbocycles. The van der Waals surface area contributed by atoms with E-state index >= 15 is 0 Å². The van der Waals surface area contributed by atoms with Crippen LogP contribution in [0.15, 0.2) is 33.7 Å². The number of nitrogens with one attached hydrogen (secondary N) is 1. The van der Waals surface area contributed by atoms with Gasteiger partial charge in [0.25, 0.3) is 0 Å². The normalized spacial score (nSPS) is 11.7. The summed E-state index contributed by atoms with van der Waals surface area (Å²) in [6.45, 7) is 3.54. The van der Waals surface area contributed by atoms with Crippen LogP contribution in [-0.4, -0.2) is 13.6 Å². The molecule has 3 N–H and O–H groups in total. The molecular formula is C12H15N3O3S. The Hall–Kier alpha value is -1.86. The van der Waals surface area contributed by atoms with E-state index in [9.17, 15) is 8.42 Å². The quantitative estimate of drug-likeness (QED) is 0.824. The minimum absolute atomic E-state index is 0.0530. The Kier molecular flexibility index (Phi) is 3.59. The van der Waals surface area contributed by atoms with Crippen molar-refractivity contribution in [1.29, 1.82) is 0 Å². The SMILES string of the molecule is Cc1cc(CNS(=O)(=O)c2cc(N)ccc2C)on1. The van der Waals surface area contributed by atoms with Crippen LogP contribution in [0.2, 0.25) is 0 Å². The molecular weight excluding hydrogens is 266 g/mol. The zero-order chi connectivity index (χ0) is 14.0. The summed E-state index contributed by atoms with van der Waals surface area (Å²) in [5.41, 5.74) is 7.36. The number of benzene rings is 1. The van der Waals surface area contributed by atoms with E-state index in [1.165, 1.54) is 6.07 Å². The Bertz CT molecular complexity index is 692. The van der Waals surface area contributed by atoms with Gasteiger partial charge in [-0.15, -0.1) is 0 Å². The molecule has 1 aromatic carbocycles. The summed E-state index contributed by atoms with van der Waals surface area (Å²) in [6, 6.07) is 6.44. The maximum Gasteiger partial charge on any atom is 0.241 e. The van der Waals surface area contributed by atoms with Crippen molar-refractivity contribution in [3.63, 3.8) is 0 Å². The Balaban J connectivity index is 2.20. The first-order chi connectivity index (χ1) is 8.88. The summed E-state index contributed by atoms with van der Waals surface area (Å²) >= 11 is 0. The largest absolute Gasteiger partial charge is 0.399 e. The van der Waals surface area contributed by atoms with Crippen molar-refractivity contribution < 1.29 is 12.9 Å². The standard InChI is InChI=1S/C12H15N3O3S/c1-8-3-4-10(13)6-12(8)19(16,17)14-7-11-5-9(2)15-18-11/h3-6,14H,7,13H2,1-2H3. The van der Waals surface area contributed by atoms with Crippen LogP contribution in [0.4, 0.5) is 5.69 Å². The first kappa shape index (κ1) is 13.6. The minimum Gasteiger partial charge on any atom is -0.399 e. The number of sulfonamides is 1. The van der Waals surface area contributed by atoms with Crippen LogP contribution in [0.5, 0.6) is 0 Å². The lowest BCUT2D eigenvalue weighted by molar-refractivity contribution is 0.377. The number of nitrogens with zero attached hydrogens (tertiary/aromatic N) is 1. The van der Waals surface area contributed by atoms with Crippen LogP contribution in [-0.2, 0) is 16.6 Å². The number of aromatic nitrogens is 1. The van der Waals surface area contributed by atoms with Crippen LogP contribution < -0.4 is 10.5 Å². The molecule has 19 heavy (non-hydrogen) atoms. The molecule has 1 heterocycles. The van der Waals surface area contributed by atoms with Crippen LogP contribution in [0, 0.1) is 13.8 Å². The molecule has 0 unspecified atom stereocenters. The summed E-state index contributed by atoms with van der Waals surface area (Å²) in [6.07, 6.45) is 0. The predicted octanol–water partition coefficient (Wildman–Crippen LogP) is 1.35. The zero-order valence-corrected chi connectivity index (χ0v) is 11.5. The second kappa shape index (κ2) is 5.02. The van der Waals surface area contributed by atoms with Gasteiger partial charge in [-0.25, -0.2) is 13.1 Å². The number of hydrogen-bond acceptors (Lipinski definition) is 5. The fourth-order valence-electron chi connectivity index (χ4n) is 1.65. The van der Waals surface area contributed by atoms with Gasteiger partial charge in [0, 0.05) is 11.8 Å².